The van der Waals surface area contributed by atoms with Crippen LogP contribution in [0.15, 0.2) is 18.2 Å². The third-order valence-corrected chi connectivity index (χ3v) is 4.67. The average Bonchev–Trinajstić information content (AvgIpc) is 2.90. The lowest BCUT2D eigenvalue weighted by Crippen LogP contribution is -2.21. The van der Waals surface area contributed by atoms with Crippen molar-refractivity contribution in [1.29, 1.82) is 0 Å². The van der Waals surface area contributed by atoms with E-state index in [9.17, 15) is 9.00 Å². The SMILES string of the molecule is COc1cc(C)ccc1C(=O)CS(=O)CC1CCCO1. The van der Waals surface area contributed by atoms with E-state index in [1.807, 2.05) is 19.1 Å². The van der Waals surface area contributed by atoms with E-state index >= 15 is 0 Å². The molecule has 110 valence electrons. The van der Waals surface area contributed by atoms with Crippen LogP contribution >= 0.6 is 0 Å². The molecule has 0 bridgehead atoms. The highest BCUT2D eigenvalue weighted by atomic mass is 32.2. The monoisotopic (exact) mass is 296 g/mol. The minimum atomic E-state index is -1.19. The number of rotatable bonds is 6. The molecule has 2 atom stereocenters. The van der Waals surface area contributed by atoms with E-state index in [4.69, 9.17) is 9.47 Å². The Labute approximate surface area is 121 Å². The molecule has 0 spiro atoms. The Morgan fingerprint density at radius 1 is 1.50 bits per heavy atom. The first-order valence-electron chi connectivity index (χ1n) is 6.74. The fourth-order valence-corrected chi connectivity index (χ4v) is 3.54. The molecule has 1 heterocycles. The topological polar surface area (TPSA) is 52.6 Å². The lowest BCUT2D eigenvalue weighted by molar-refractivity contribution is 0.101. The van der Waals surface area contributed by atoms with E-state index in [2.05, 4.69) is 0 Å². The van der Waals surface area contributed by atoms with Crippen LogP contribution in [0, 0.1) is 6.92 Å². The van der Waals surface area contributed by atoms with Crippen LogP contribution in [0.25, 0.3) is 0 Å². The van der Waals surface area contributed by atoms with Gasteiger partial charge in [0.15, 0.2) is 5.78 Å². The van der Waals surface area contributed by atoms with E-state index in [1.165, 1.54) is 7.11 Å². The predicted octanol–water partition coefficient (Wildman–Crippen LogP) is 2.11. The zero-order valence-corrected chi connectivity index (χ0v) is 12.7. The van der Waals surface area contributed by atoms with Crippen molar-refractivity contribution >= 4 is 16.6 Å². The van der Waals surface area contributed by atoms with Crippen molar-refractivity contribution < 1.29 is 18.5 Å². The summed E-state index contributed by atoms with van der Waals surface area (Å²) in [4.78, 5) is 12.2. The van der Waals surface area contributed by atoms with Gasteiger partial charge in [-0.05, 0) is 37.5 Å². The molecule has 0 N–H and O–H groups in total. The molecule has 5 heteroatoms. The smallest absolute Gasteiger partial charge is 0.179 e. The van der Waals surface area contributed by atoms with Gasteiger partial charge in [0, 0.05) is 17.4 Å². The molecule has 0 radical (unpaired) electrons. The Morgan fingerprint density at radius 2 is 2.30 bits per heavy atom. The van der Waals surface area contributed by atoms with E-state index in [1.54, 1.807) is 6.07 Å². The van der Waals surface area contributed by atoms with E-state index in [0.29, 0.717) is 17.1 Å². The Bertz CT molecular complexity index is 507. The highest BCUT2D eigenvalue weighted by Gasteiger charge is 2.21. The summed E-state index contributed by atoms with van der Waals surface area (Å²) >= 11 is 0. The predicted molar refractivity (Wildman–Crippen MR) is 78.9 cm³/mol. The quantitative estimate of drug-likeness (QED) is 0.755. The maximum absolute atomic E-state index is 12.2. The minimum absolute atomic E-state index is 0.0271. The van der Waals surface area contributed by atoms with Gasteiger partial charge in [0.1, 0.15) is 5.75 Å². The first-order chi connectivity index (χ1) is 9.60. The van der Waals surface area contributed by atoms with Gasteiger partial charge < -0.3 is 9.47 Å². The van der Waals surface area contributed by atoms with Crippen LogP contribution in [0.1, 0.15) is 28.8 Å². The molecule has 0 aromatic heterocycles. The summed E-state index contributed by atoms with van der Waals surface area (Å²) in [6.07, 6.45) is 2.00. The summed E-state index contributed by atoms with van der Waals surface area (Å²) in [6, 6.07) is 5.41. The molecule has 0 amide bonds. The molecule has 1 aliphatic rings. The third kappa shape index (κ3) is 3.90. The molecule has 1 aromatic carbocycles. The van der Waals surface area contributed by atoms with Crippen LogP contribution in [0.5, 0.6) is 5.75 Å². The van der Waals surface area contributed by atoms with Crippen LogP contribution in [0.2, 0.25) is 0 Å². The number of ether oxygens (including phenoxy) is 2. The fraction of sp³-hybridized carbons (Fsp3) is 0.533. The van der Waals surface area contributed by atoms with Crippen molar-refractivity contribution in [2.75, 3.05) is 25.2 Å². The number of hydrogen-bond acceptors (Lipinski definition) is 4. The Balaban J connectivity index is 1.98. The van der Waals surface area contributed by atoms with Crippen LogP contribution in [-0.2, 0) is 15.5 Å². The lowest BCUT2D eigenvalue weighted by Gasteiger charge is -2.10. The number of carbonyl (C=O) groups excluding carboxylic acids is 1. The Morgan fingerprint density at radius 3 is 2.95 bits per heavy atom. The normalized spacial score (nSPS) is 19.8. The number of carbonyl (C=O) groups is 1. The molecule has 1 aromatic rings. The number of benzene rings is 1. The second-order valence-electron chi connectivity index (χ2n) is 5.01. The molecular weight excluding hydrogens is 276 g/mol. The van der Waals surface area contributed by atoms with Crippen molar-refractivity contribution in [2.24, 2.45) is 0 Å². The summed E-state index contributed by atoms with van der Waals surface area (Å²) in [5.41, 5.74) is 1.53. The van der Waals surface area contributed by atoms with Crippen molar-refractivity contribution in [2.45, 2.75) is 25.9 Å². The van der Waals surface area contributed by atoms with Crippen LogP contribution in [0.4, 0.5) is 0 Å². The molecule has 0 aliphatic carbocycles. The minimum Gasteiger partial charge on any atom is -0.496 e. The van der Waals surface area contributed by atoms with Crippen LogP contribution in [-0.4, -0.2) is 41.3 Å². The summed E-state index contributed by atoms with van der Waals surface area (Å²) in [6.45, 7) is 2.67. The van der Waals surface area contributed by atoms with Crippen LogP contribution in [0.3, 0.4) is 0 Å². The molecule has 1 aliphatic heterocycles. The molecule has 20 heavy (non-hydrogen) atoms. The van der Waals surface area contributed by atoms with Crippen molar-refractivity contribution in [3.05, 3.63) is 29.3 Å². The maximum atomic E-state index is 12.2. The summed E-state index contributed by atoms with van der Waals surface area (Å²) in [5, 5.41) is 0. The van der Waals surface area contributed by atoms with Gasteiger partial charge >= 0.3 is 0 Å². The van der Waals surface area contributed by atoms with Crippen molar-refractivity contribution in [3.63, 3.8) is 0 Å². The van der Waals surface area contributed by atoms with Crippen molar-refractivity contribution in [3.8, 4) is 5.75 Å². The Hall–Kier alpha value is -1.20. The molecule has 4 nitrogen and oxygen atoms in total. The van der Waals surface area contributed by atoms with E-state index in [-0.39, 0.29) is 17.6 Å². The first kappa shape index (κ1) is 15.2. The lowest BCUT2D eigenvalue weighted by atomic mass is 10.1. The van der Waals surface area contributed by atoms with Crippen molar-refractivity contribution in [1.82, 2.24) is 0 Å². The third-order valence-electron chi connectivity index (χ3n) is 3.35. The van der Waals surface area contributed by atoms with Crippen LogP contribution < -0.4 is 4.74 Å². The molecule has 0 saturated carbocycles. The number of hydrogen-bond donors (Lipinski definition) is 0. The second-order valence-corrected chi connectivity index (χ2v) is 6.51. The number of methoxy groups -OCH3 is 1. The van der Waals surface area contributed by atoms with Gasteiger partial charge in [0.25, 0.3) is 0 Å². The first-order valence-corrected chi connectivity index (χ1v) is 8.23. The number of aryl methyl sites for hydroxylation is 1. The number of Topliss-reactive ketones (excluding diaryl/α,β-unsaturated/α-hetero) is 1. The van der Waals surface area contributed by atoms with Gasteiger partial charge in [-0.2, -0.15) is 0 Å². The number of ketones is 1. The van der Waals surface area contributed by atoms with E-state index in [0.717, 1.165) is 25.0 Å². The standard InChI is InChI=1S/C15H20O4S/c1-11-5-6-13(15(8-11)18-2)14(16)10-20(17)9-12-4-3-7-19-12/h5-6,8,12H,3-4,7,9-10H2,1-2H3. The van der Waals surface area contributed by atoms with Gasteiger partial charge in [-0.15, -0.1) is 0 Å². The van der Waals surface area contributed by atoms with Gasteiger partial charge in [0.2, 0.25) is 0 Å². The van der Waals surface area contributed by atoms with Gasteiger partial charge in [-0.3, -0.25) is 9.00 Å². The van der Waals surface area contributed by atoms with E-state index < -0.39 is 10.8 Å². The molecule has 1 saturated heterocycles. The molecule has 1 fully saturated rings. The second kappa shape index (κ2) is 6.99. The largest absolute Gasteiger partial charge is 0.496 e. The van der Waals surface area contributed by atoms with Gasteiger partial charge in [0.05, 0.1) is 30.3 Å². The Kier molecular flexibility index (Phi) is 5.31. The summed E-state index contributed by atoms with van der Waals surface area (Å²) < 4.78 is 22.7. The molecule has 2 rings (SSSR count). The van der Waals surface area contributed by atoms with Gasteiger partial charge in [-0.1, -0.05) is 6.07 Å². The maximum Gasteiger partial charge on any atom is 0.179 e. The van der Waals surface area contributed by atoms with Gasteiger partial charge in [-0.25, -0.2) is 0 Å². The highest BCUT2D eigenvalue weighted by Crippen LogP contribution is 2.21. The molecule has 2 unspecified atom stereocenters. The summed E-state index contributed by atoms with van der Waals surface area (Å²) in [5.74, 6) is 0.876. The zero-order chi connectivity index (χ0) is 14.5. The highest BCUT2D eigenvalue weighted by molar-refractivity contribution is 7.85. The molecular formula is C15H20O4S. The average molecular weight is 296 g/mol. The zero-order valence-electron chi connectivity index (χ0n) is 11.9. The fourth-order valence-electron chi connectivity index (χ4n) is 2.29. The summed E-state index contributed by atoms with van der Waals surface area (Å²) in [7, 11) is 0.350.